The fourth-order valence-corrected chi connectivity index (χ4v) is 2.67. The average molecular weight is 234 g/mol. The highest BCUT2D eigenvalue weighted by atomic mass is 16.5. The van der Waals surface area contributed by atoms with Crippen LogP contribution in [0.15, 0.2) is 24.3 Å². The number of likely N-dealkylation sites (tertiary alicyclic amines) is 1. The molecule has 1 heterocycles. The Labute approximate surface area is 104 Å². The van der Waals surface area contributed by atoms with Crippen LogP contribution in [0.25, 0.3) is 0 Å². The lowest BCUT2D eigenvalue weighted by Crippen LogP contribution is -2.37. The molecule has 1 saturated heterocycles. The van der Waals surface area contributed by atoms with Crippen molar-refractivity contribution in [3.63, 3.8) is 0 Å². The molecule has 3 heteroatoms. The third kappa shape index (κ3) is 2.79. The number of rotatable bonds is 4. The van der Waals surface area contributed by atoms with Crippen molar-refractivity contribution in [3.05, 3.63) is 29.8 Å². The van der Waals surface area contributed by atoms with Crippen molar-refractivity contribution in [2.75, 3.05) is 20.2 Å². The van der Waals surface area contributed by atoms with E-state index in [1.807, 2.05) is 12.1 Å². The fourth-order valence-electron chi connectivity index (χ4n) is 2.67. The minimum atomic E-state index is 0.529. The minimum absolute atomic E-state index is 0.529. The summed E-state index contributed by atoms with van der Waals surface area (Å²) in [6, 6.07) is 8.82. The number of nitrogens with two attached hydrogens (primary N) is 1. The molecule has 1 aliphatic heterocycles. The molecule has 3 nitrogen and oxygen atoms in total. The molecule has 0 bridgehead atoms. The highest BCUT2D eigenvalue weighted by molar-refractivity contribution is 5.28. The second-order valence-electron chi connectivity index (χ2n) is 4.89. The van der Waals surface area contributed by atoms with Crippen molar-refractivity contribution in [2.45, 2.75) is 25.9 Å². The zero-order chi connectivity index (χ0) is 12.3. The maximum absolute atomic E-state index is 5.86. The molecule has 0 radical (unpaired) electrons. The Hall–Kier alpha value is -1.06. The van der Waals surface area contributed by atoms with Crippen molar-refractivity contribution in [1.29, 1.82) is 0 Å². The normalized spacial score (nSPS) is 25.1. The summed E-state index contributed by atoms with van der Waals surface area (Å²) in [5.41, 5.74) is 7.16. The van der Waals surface area contributed by atoms with Gasteiger partial charge in [0, 0.05) is 19.1 Å². The monoisotopic (exact) mass is 234 g/mol. The molecular weight excluding hydrogens is 212 g/mol. The van der Waals surface area contributed by atoms with E-state index in [0.717, 1.165) is 25.4 Å². The summed E-state index contributed by atoms with van der Waals surface area (Å²) in [6.45, 7) is 5.18. The van der Waals surface area contributed by atoms with Gasteiger partial charge in [-0.2, -0.15) is 0 Å². The van der Waals surface area contributed by atoms with Gasteiger partial charge in [0.25, 0.3) is 0 Å². The van der Waals surface area contributed by atoms with E-state index >= 15 is 0 Å². The predicted molar refractivity (Wildman–Crippen MR) is 70.0 cm³/mol. The Morgan fingerprint density at radius 1 is 1.47 bits per heavy atom. The predicted octanol–water partition coefficient (Wildman–Crippen LogP) is 1.86. The van der Waals surface area contributed by atoms with Crippen LogP contribution in [0.1, 0.15) is 18.9 Å². The second-order valence-corrected chi connectivity index (χ2v) is 4.89. The highest BCUT2D eigenvalue weighted by Gasteiger charge is 2.29. The summed E-state index contributed by atoms with van der Waals surface area (Å²) >= 11 is 0. The van der Waals surface area contributed by atoms with E-state index in [1.165, 1.54) is 12.0 Å². The zero-order valence-corrected chi connectivity index (χ0v) is 10.7. The molecule has 0 amide bonds. The molecule has 2 N–H and O–H groups in total. The Kier molecular flexibility index (Phi) is 4.02. The van der Waals surface area contributed by atoms with Gasteiger partial charge in [-0.25, -0.2) is 0 Å². The first-order chi connectivity index (χ1) is 8.24. The van der Waals surface area contributed by atoms with Crippen molar-refractivity contribution < 1.29 is 4.74 Å². The zero-order valence-electron chi connectivity index (χ0n) is 10.7. The summed E-state index contributed by atoms with van der Waals surface area (Å²) < 4.78 is 5.25. The molecule has 0 aliphatic carbocycles. The fraction of sp³-hybridized carbons (Fsp3) is 0.571. The van der Waals surface area contributed by atoms with Crippen LogP contribution >= 0.6 is 0 Å². The number of hydrogen-bond acceptors (Lipinski definition) is 3. The van der Waals surface area contributed by atoms with Crippen LogP contribution in [-0.4, -0.2) is 31.1 Å². The van der Waals surface area contributed by atoms with Crippen LogP contribution in [0.5, 0.6) is 5.75 Å². The molecule has 2 rings (SSSR count). The van der Waals surface area contributed by atoms with Gasteiger partial charge in [0.1, 0.15) is 5.75 Å². The average Bonchev–Trinajstić information content (AvgIpc) is 2.70. The van der Waals surface area contributed by atoms with Crippen LogP contribution in [-0.2, 0) is 6.54 Å². The van der Waals surface area contributed by atoms with E-state index in [1.54, 1.807) is 7.11 Å². The molecule has 0 aromatic heterocycles. The third-order valence-corrected chi connectivity index (χ3v) is 3.76. The second kappa shape index (κ2) is 5.52. The number of ether oxygens (including phenoxy) is 1. The lowest BCUT2D eigenvalue weighted by molar-refractivity contribution is 0.228. The van der Waals surface area contributed by atoms with Crippen LogP contribution in [0, 0.1) is 5.92 Å². The van der Waals surface area contributed by atoms with Gasteiger partial charge in [-0.15, -0.1) is 0 Å². The van der Waals surface area contributed by atoms with Crippen LogP contribution < -0.4 is 10.5 Å². The van der Waals surface area contributed by atoms with Crippen LogP contribution in [0.3, 0.4) is 0 Å². The topological polar surface area (TPSA) is 38.5 Å². The van der Waals surface area contributed by atoms with Gasteiger partial charge >= 0.3 is 0 Å². The molecule has 1 fully saturated rings. The molecule has 17 heavy (non-hydrogen) atoms. The van der Waals surface area contributed by atoms with Crippen molar-refractivity contribution >= 4 is 0 Å². The first kappa shape index (κ1) is 12.4. The van der Waals surface area contributed by atoms with E-state index < -0.39 is 0 Å². The number of hydrogen-bond donors (Lipinski definition) is 1. The summed E-state index contributed by atoms with van der Waals surface area (Å²) in [5.74, 6) is 1.64. The molecular formula is C14H22N2O. The molecule has 1 aromatic rings. The summed E-state index contributed by atoms with van der Waals surface area (Å²) in [6.07, 6.45) is 1.26. The summed E-state index contributed by atoms with van der Waals surface area (Å²) in [5, 5.41) is 0. The lowest BCUT2D eigenvalue weighted by atomic mass is 10.0. The van der Waals surface area contributed by atoms with Crippen LogP contribution in [0.2, 0.25) is 0 Å². The maximum Gasteiger partial charge on any atom is 0.119 e. The first-order valence-electron chi connectivity index (χ1n) is 6.31. The maximum atomic E-state index is 5.86. The Balaban J connectivity index is 2.04. The highest BCUT2D eigenvalue weighted by Crippen LogP contribution is 2.25. The number of methoxy groups -OCH3 is 1. The van der Waals surface area contributed by atoms with E-state index in [4.69, 9.17) is 10.5 Å². The van der Waals surface area contributed by atoms with Crippen molar-refractivity contribution in [2.24, 2.45) is 11.7 Å². The van der Waals surface area contributed by atoms with Crippen LogP contribution in [0.4, 0.5) is 0 Å². The van der Waals surface area contributed by atoms with Crippen molar-refractivity contribution in [3.8, 4) is 5.75 Å². The van der Waals surface area contributed by atoms with Gasteiger partial charge in [0.2, 0.25) is 0 Å². The quantitative estimate of drug-likeness (QED) is 0.864. The van der Waals surface area contributed by atoms with Gasteiger partial charge < -0.3 is 10.5 Å². The van der Waals surface area contributed by atoms with Gasteiger partial charge in [-0.1, -0.05) is 19.1 Å². The standard InChI is InChI=1S/C14H22N2O/c1-11-6-7-16(14(11)9-15)10-12-4-3-5-13(8-12)17-2/h3-5,8,11,14H,6-7,9-10,15H2,1-2H3. The van der Waals surface area contributed by atoms with E-state index in [0.29, 0.717) is 12.0 Å². The van der Waals surface area contributed by atoms with Gasteiger partial charge in [0.05, 0.1) is 7.11 Å². The molecule has 0 spiro atoms. The molecule has 1 aliphatic rings. The number of benzene rings is 1. The Morgan fingerprint density at radius 3 is 3.00 bits per heavy atom. The van der Waals surface area contributed by atoms with E-state index in [2.05, 4.69) is 24.0 Å². The van der Waals surface area contributed by atoms with Crippen molar-refractivity contribution in [1.82, 2.24) is 4.90 Å². The molecule has 0 saturated carbocycles. The lowest BCUT2D eigenvalue weighted by Gasteiger charge is -2.25. The smallest absolute Gasteiger partial charge is 0.119 e. The molecule has 1 aromatic carbocycles. The molecule has 2 unspecified atom stereocenters. The molecule has 94 valence electrons. The van der Waals surface area contributed by atoms with E-state index in [9.17, 15) is 0 Å². The van der Waals surface area contributed by atoms with Gasteiger partial charge in [0.15, 0.2) is 0 Å². The number of nitrogens with zero attached hydrogens (tertiary/aromatic N) is 1. The largest absolute Gasteiger partial charge is 0.497 e. The molecule has 2 atom stereocenters. The summed E-state index contributed by atoms with van der Waals surface area (Å²) in [4.78, 5) is 2.49. The summed E-state index contributed by atoms with van der Waals surface area (Å²) in [7, 11) is 1.71. The van der Waals surface area contributed by atoms with Gasteiger partial charge in [-0.3, -0.25) is 4.90 Å². The minimum Gasteiger partial charge on any atom is -0.497 e. The van der Waals surface area contributed by atoms with E-state index in [-0.39, 0.29) is 0 Å². The Bertz CT molecular complexity index is 367. The third-order valence-electron chi connectivity index (χ3n) is 3.76. The SMILES string of the molecule is COc1cccc(CN2CCC(C)C2CN)c1. The first-order valence-corrected chi connectivity index (χ1v) is 6.31. The van der Waals surface area contributed by atoms with Gasteiger partial charge in [-0.05, 0) is 36.6 Å². The Morgan fingerprint density at radius 2 is 2.29 bits per heavy atom.